The first kappa shape index (κ1) is 30.4. The summed E-state index contributed by atoms with van der Waals surface area (Å²) in [7, 11) is 0. The van der Waals surface area contributed by atoms with Crippen molar-refractivity contribution >= 4 is 38.9 Å². The second-order valence-corrected chi connectivity index (χ2v) is 13.1. The van der Waals surface area contributed by atoms with Gasteiger partial charge in [0.1, 0.15) is 0 Å². The standard InChI is InChI=1S/C49H36N2/c1-35-33-40(41-26-32-49-46(34-41)45-19-11-12-20-48(45)51(49)42-17-9-4-10-18-42)25-31-47(35)50(43-27-21-38(22-28-43)36-13-5-2-6-14-36)44-29-23-39(24-30-44)37-15-7-3-8-16-37/h2-34H,1H3. The zero-order chi connectivity index (χ0) is 34.1. The molecule has 9 rings (SSSR count). The van der Waals surface area contributed by atoms with Gasteiger partial charge in [-0.05, 0) is 113 Å². The van der Waals surface area contributed by atoms with Gasteiger partial charge in [-0.25, -0.2) is 0 Å². The number of hydrogen-bond donors (Lipinski definition) is 0. The Morgan fingerprint density at radius 3 is 1.39 bits per heavy atom. The Morgan fingerprint density at radius 1 is 0.353 bits per heavy atom. The van der Waals surface area contributed by atoms with Crippen molar-refractivity contribution in [2.45, 2.75) is 6.92 Å². The van der Waals surface area contributed by atoms with Gasteiger partial charge in [0.15, 0.2) is 0 Å². The third kappa shape index (κ3) is 5.67. The van der Waals surface area contributed by atoms with E-state index < -0.39 is 0 Å². The van der Waals surface area contributed by atoms with Gasteiger partial charge in [0, 0.05) is 33.5 Å². The smallest absolute Gasteiger partial charge is 0.0541 e. The number of nitrogens with zero attached hydrogens (tertiary/aromatic N) is 2. The quantitative estimate of drug-likeness (QED) is 0.166. The molecule has 242 valence electrons. The molecule has 0 fully saturated rings. The van der Waals surface area contributed by atoms with Gasteiger partial charge >= 0.3 is 0 Å². The number of aryl methyl sites for hydroxylation is 1. The number of rotatable bonds is 7. The second kappa shape index (κ2) is 13.0. The predicted octanol–water partition coefficient (Wildman–Crippen LogP) is 13.6. The van der Waals surface area contributed by atoms with Crippen LogP contribution in [0.3, 0.4) is 0 Å². The van der Waals surface area contributed by atoms with E-state index in [0.29, 0.717) is 0 Å². The summed E-state index contributed by atoms with van der Waals surface area (Å²) >= 11 is 0. The summed E-state index contributed by atoms with van der Waals surface area (Å²) in [5, 5.41) is 2.52. The van der Waals surface area contributed by atoms with Crippen molar-refractivity contribution in [2.75, 3.05) is 4.90 Å². The molecule has 0 aliphatic rings. The normalized spacial score (nSPS) is 11.2. The maximum absolute atomic E-state index is 2.37. The van der Waals surface area contributed by atoms with Crippen molar-refractivity contribution < 1.29 is 0 Å². The molecule has 51 heavy (non-hydrogen) atoms. The van der Waals surface area contributed by atoms with Gasteiger partial charge in [-0.15, -0.1) is 0 Å². The van der Waals surface area contributed by atoms with E-state index in [1.165, 1.54) is 66.4 Å². The van der Waals surface area contributed by atoms with E-state index in [0.717, 1.165) is 17.1 Å². The highest BCUT2D eigenvalue weighted by Crippen LogP contribution is 2.41. The van der Waals surface area contributed by atoms with E-state index in [1.807, 2.05) is 0 Å². The molecule has 0 saturated heterocycles. The maximum Gasteiger partial charge on any atom is 0.0541 e. The second-order valence-electron chi connectivity index (χ2n) is 13.1. The molecule has 0 aliphatic carbocycles. The topological polar surface area (TPSA) is 8.17 Å². The van der Waals surface area contributed by atoms with Crippen LogP contribution < -0.4 is 4.90 Å². The van der Waals surface area contributed by atoms with Gasteiger partial charge in [0.2, 0.25) is 0 Å². The highest BCUT2D eigenvalue weighted by molar-refractivity contribution is 6.10. The summed E-state index contributed by atoms with van der Waals surface area (Å²) in [4.78, 5) is 2.37. The minimum Gasteiger partial charge on any atom is -0.310 e. The Morgan fingerprint density at radius 2 is 0.804 bits per heavy atom. The fourth-order valence-corrected chi connectivity index (χ4v) is 7.39. The van der Waals surface area contributed by atoms with Crippen LogP contribution >= 0.6 is 0 Å². The number of aromatic nitrogens is 1. The van der Waals surface area contributed by atoms with E-state index in [9.17, 15) is 0 Å². The lowest BCUT2D eigenvalue weighted by molar-refractivity contribution is 1.18. The van der Waals surface area contributed by atoms with Gasteiger partial charge in [-0.1, -0.05) is 133 Å². The van der Waals surface area contributed by atoms with Crippen LogP contribution in [0.25, 0.3) is 60.9 Å². The lowest BCUT2D eigenvalue weighted by atomic mass is 9.99. The average Bonchev–Trinajstić information content (AvgIpc) is 3.54. The van der Waals surface area contributed by atoms with Crippen molar-refractivity contribution in [1.82, 2.24) is 4.57 Å². The molecule has 0 N–H and O–H groups in total. The molecule has 0 amide bonds. The Balaban J connectivity index is 1.13. The van der Waals surface area contributed by atoms with Crippen molar-refractivity contribution in [2.24, 2.45) is 0 Å². The third-order valence-corrected chi connectivity index (χ3v) is 9.92. The lowest BCUT2D eigenvalue weighted by Gasteiger charge is -2.28. The molecule has 0 aliphatic heterocycles. The van der Waals surface area contributed by atoms with Crippen LogP contribution in [0, 0.1) is 6.92 Å². The molecule has 0 bridgehead atoms. The van der Waals surface area contributed by atoms with Crippen LogP contribution in [0.15, 0.2) is 200 Å². The van der Waals surface area contributed by atoms with E-state index in [-0.39, 0.29) is 0 Å². The summed E-state index contributed by atoms with van der Waals surface area (Å²) in [6, 6.07) is 72.1. The van der Waals surface area contributed by atoms with Crippen molar-refractivity contribution in [3.05, 3.63) is 206 Å². The third-order valence-electron chi connectivity index (χ3n) is 9.92. The first-order valence-corrected chi connectivity index (χ1v) is 17.5. The maximum atomic E-state index is 2.37. The van der Waals surface area contributed by atoms with Gasteiger partial charge in [0.25, 0.3) is 0 Å². The summed E-state index contributed by atoms with van der Waals surface area (Å²) in [6.45, 7) is 2.22. The number of anilines is 3. The van der Waals surface area contributed by atoms with Crippen molar-refractivity contribution in [3.63, 3.8) is 0 Å². The van der Waals surface area contributed by atoms with Crippen LogP contribution in [0.4, 0.5) is 17.1 Å². The molecule has 9 aromatic rings. The summed E-state index contributed by atoms with van der Waals surface area (Å²) < 4.78 is 2.37. The molecular weight excluding hydrogens is 617 g/mol. The minimum atomic E-state index is 1.12. The molecule has 0 spiro atoms. The molecule has 2 nitrogen and oxygen atoms in total. The number of benzene rings is 8. The molecule has 1 heterocycles. The summed E-state index contributed by atoms with van der Waals surface area (Å²) in [6.07, 6.45) is 0. The van der Waals surface area contributed by atoms with E-state index in [2.05, 4.69) is 217 Å². The van der Waals surface area contributed by atoms with Crippen LogP contribution in [-0.2, 0) is 0 Å². The SMILES string of the molecule is Cc1cc(-c2ccc3c(c2)c2ccccc2n3-c2ccccc2)ccc1N(c1ccc(-c2ccccc2)cc1)c1ccc(-c2ccccc2)cc1. The molecule has 1 aromatic heterocycles. The van der Waals surface area contributed by atoms with Crippen molar-refractivity contribution in [1.29, 1.82) is 0 Å². The Kier molecular flexibility index (Phi) is 7.75. The fourth-order valence-electron chi connectivity index (χ4n) is 7.39. The van der Waals surface area contributed by atoms with E-state index in [1.54, 1.807) is 0 Å². The largest absolute Gasteiger partial charge is 0.310 e. The Bertz CT molecular complexity index is 2520. The summed E-state index contributed by atoms with van der Waals surface area (Å²) in [5.74, 6) is 0. The minimum absolute atomic E-state index is 1.12. The molecule has 0 saturated carbocycles. The fraction of sp³-hybridized carbons (Fsp3) is 0.0204. The molecular formula is C49H36N2. The predicted molar refractivity (Wildman–Crippen MR) is 217 cm³/mol. The van der Waals surface area contributed by atoms with Gasteiger partial charge < -0.3 is 9.47 Å². The zero-order valence-electron chi connectivity index (χ0n) is 28.4. The highest BCUT2D eigenvalue weighted by Gasteiger charge is 2.17. The van der Waals surface area contributed by atoms with E-state index in [4.69, 9.17) is 0 Å². The molecule has 0 unspecified atom stereocenters. The first-order valence-electron chi connectivity index (χ1n) is 17.5. The van der Waals surface area contributed by atoms with E-state index >= 15 is 0 Å². The molecule has 0 atom stereocenters. The zero-order valence-corrected chi connectivity index (χ0v) is 28.4. The van der Waals surface area contributed by atoms with Gasteiger partial charge in [-0.2, -0.15) is 0 Å². The average molecular weight is 653 g/mol. The highest BCUT2D eigenvalue weighted by atomic mass is 15.1. The van der Waals surface area contributed by atoms with Gasteiger partial charge in [0.05, 0.1) is 11.0 Å². The molecule has 2 heteroatoms. The first-order chi connectivity index (χ1) is 25.2. The van der Waals surface area contributed by atoms with Gasteiger partial charge in [-0.3, -0.25) is 0 Å². The Labute approximate surface area is 299 Å². The van der Waals surface area contributed by atoms with Crippen LogP contribution in [0.2, 0.25) is 0 Å². The Hall–Kier alpha value is -6.64. The van der Waals surface area contributed by atoms with Crippen LogP contribution in [0.5, 0.6) is 0 Å². The molecule has 8 aromatic carbocycles. The number of fused-ring (bicyclic) bond motifs is 3. The summed E-state index contributed by atoms with van der Waals surface area (Å²) in [5.41, 5.74) is 15.4. The number of hydrogen-bond acceptors (Lipinski definition) is 1. The van der Waals surface area contributed by atoms with Crippen LogP contribution in [0.1, 0.15) is 5.56 Å². The monoisotopic (exact) mass is 652 g/mol. The lowest BCUT2D eigenvalue weighted by Crippen LogP contribution is -2.11. The molecule has 0 radical (unpaired) electrons. The number of para-hydroxylation sites is 2. The van der Waals surface area contributed by atoms with Crippen molar-refractivity contribution in [3.8, 4) is 39.1 Å². The van der Waals surface area contributed by atoms with Crippen LogP contribution in [-0.4, -0.2) is 4.57 Å².